The summed E-state index contributed by atoms with van der Waals surface area (Å²) < 4.78 is 0. The Labute approximate surface area is 125 Å². The summed E-state index contributed by atoms with van der Waals surface area (Å²) in [7, 11) is 0. The van der Waals surface area contributed by atoms with Gasteiger partial charge in [0, 0.05) is 19.0 Å². The van der Waals surface area contributed by atoms with Gasteiger partial charge in [-0.3, -0.25) is 4.79 Å². The van der Waals surface area contributed by atoms with Gasteiger partial charge in [0.25, 0.3) is 0 Å². The Morgan fingerprint density at radius 2 is 1.65 bits per heavy atom. The van der Waals surface area contributed by atoms with Crippen LogP contribution in [-0.2, 0) is 4.79 Å². The first kappa shape index (κ1) is 18.9. The van der Waals surface area contributed by atoms with E-state index in [9.17, 15) is 4.79 Å². The zero-order valence-electron chi connectivity index (χ0n) is 14.5. The highest BCUT2D eigenvalue weighted by Crippen LogP contribution is 2.10. The third-order valence-corrected chi connectivity index (χ3v) is 3.14. The molecule has 0 atom stereocenters. The molecule has 0 aliphatic rings. The molecule has 0 aromatic rings. The van der Waals surface area contributed by atoms with E-state index in [0.29, 0.717) is 5.92 Å². The molecule has 0 rings (SSSR count). The largest absolute Gasteiger partial charge is 0.338 e. The van der Waals surface area contributed by atoms with Crippen molar-refractivity contribution < 1.29 is 4.79 Å². The SMILES string of the molecule is CC(C)=CCC/C(C)=C\CN(CC(C)C)C(=O)C(C)C. The molecule has 0 heterocycles. The number of hydrogen-bond donors (Lipinski definition) is 0. The minimum atomic E-state index is 0.0770. The maximum Gasteiger partial charge on any atom is 0.225 e. The highest BCUT2D eigenvalue weighted by molar-refractivity contribution is 5.78. The molecule has 0 N–H and O–H groups in total. The van der Waals surface area contributed by atoms with Crippen molar-refractivity contribution in [2.75, 3.05) is 13.1 Å². The summed E-state index contributed by atoms with van der Waals surface area (Å²) in [6, 6.07) is 0. The fourth-order valence-corrected chi connectivity index (χ4v) is 2.02. The second-order valence-corrected chi connectivity index (χ2v) is 6.66. The van der Waals surface area contributed by atoms with Gasteiger partial charge in [-0.25, -0.2) is 0 Å². The predicted octanol–water partition coefficient (Wildman–Crippen LogP) is 4.82. The third-order valence-electron chi connectivity index (χ3n) is 3.14. The molecule has 0 aromatic carbocycles. The monoisotopic (exact) mass is 279 g/mol. The Morgan fingerprint density at radius 3 is 2.10 bits per heavy atom. The summed E-state index contributed by atoms with van der Waals surface area (Å²) in [6.07, 6.45) is 6.65. The third kappa shape index (κ3) is 8.95. The van der Waals surface area contributed by atoms with Crippen LogP contribution in [0.3, 0.4) is 0 Å². The van der Waals surface area contributed by atoms with Crippen molar-refractivity contribution in [1.29, 1.82) is 0 Å². The molecule has 1 amide bonds. The Kier molecular flexibility index (Phi) is 9.28. The molecule has 0 bridgehead atoms. The van der Waals surface area contributed by atoms with Crippen LogP contribution in [-0.4, -0.2) is 23.9 Å². The molecule has 116 valence electrons. The van der Waals surface area contributed by atoms with E-state index in [-0.39, 0.29) is 11.8 Å². The maximum absolute atomic E-state index is 12.2. The number of carbonyl (C=O) groups is 1. The van der Waals surface area contributed by atoms with Gasteiger partial charge in [0.2, 0.25) is 5.91 Å². The summed E-state index contributed by atoms with van der Waals surface area (Å²) in [6.45, 7) is 16.3. The van der Waals surface area contributed by atoms with Gasteiger partial charge in [-0.15, -0.1) is 0 Å². The van der Waals surface area contributed by atoms with Gasteiger partial charge in [-0.05, 0) is 39.5 Å². The molecular formula is C18H33NO. The van der Waals surface area contributed by atoms with E-state index >= 15 is 0 Å². The smallest absolute Gasteiger partial charge is 0.225 e. The average Bonchev–Trinajstić information content (AvgIpc) is 2.32. The van der Waals surface area contributed by atoms with Crippen molar-refractivity contribution in [3.05, 3.63) is 23.3 Å². The molecule has 0 spiro atoms. The summed E-state index contributed by atoms with van der Waals surface area (Å²) in [4.78, 5) is 14.2. The number of allylic oxidation sites excluding steroid dienone is 3. The summed E-state index contributed by atoms with van der Waals surface area (Å²) in [5, 5.41) is 0. The first-order valence-corrected chi connectivity index (χ1v) is 7.81. The normalized spacial score (nSPS) is 11.9. The van der Waals surface area contributed by atoms with Crippen molar-refractivity contribution in [3.63, 3.8) is 0 Å². The highest BCUT2D eigenvalue weighted by Gasteiger charge is 2.16. The van der Waals surface area contributed by atoms with E-state index in [1.807, 2.05) is 18.7 Å². The predicted molar refractivity (Wildman–Crippen MR) is 88.7 cm³/mol. The van der Waals surface area contributed by atoms with Gasteiger partial charge in [-0.1, -0.05) is 51.0 Å². The maximum atomic E-state index is 12.2. The Bertz CT molecular complexity index is 346. The van der Waals surface area contributed by atoms with E-state index in [2.05, 4.69) is 46.8 Å². The Morgan fingerprint density at radius 1 is 1.05 bits per heavy atom. The molecule has 0 saturated carbocycles. The molecule has 20 heavy (non-hydrogen) atoms. The second kappa shape index (κ2) is 9.79. The van der Waals surface area contributed by atoms with Crippen LogP contribution in [0.2, 0.25) is 0 Å². The molecule has 2 heteroatoms. The molecule has 0 fully saturated rings. The topological polar surface area (TPSA) is 20.3 Å². The van der Waals surface area contributed by atoms with Crippen LogP contribution < -0.4 is 0 Å². The van der Waals surface area contributed by atoms with Crippen LogP contribution >= 0.6 is 0 Å². The summed E-state index contributed by atoms with van der Waals surface area (Å²) >= 11 is 0. The fourth-order valence-electron chi connectivity index (χ4n) is 2.02. The van der Waals surface area contributed by atoms with Gasteiger partial charge in [-0.2, -0.15) is 0 Å². The van der Waals surface area contributed by atoms with E-state index in [1.54, 1.807) is 0 Å². The summed E-state index contributed by atoms with van der Waals surface area (Å²) in [5.41, 5.74) is 2.74. The fraction of sp³-hybridized carbons (Fsp3) is 0.722. The lowest BCUT2D eigenvalue weighted by molar-refractivity contribution is -0.134. The molecule has 0 aromatic heterocycles. The van der Waals surface area contributed by atoms with E-state index in [4.69, 9.17) is 0 Å². The van der Waals surface area contributed by atoms with Crippen LogP contribution in [0, 0.1) is 11.8 Å². The van der Waals surface area contributed by atoms with Crippen molar-refractivity contribution in [3.8, 4) is 0 Å². The van der Waals surface area contributed by atoms with Crippen LogP contribution in [0.1, 0.15) is 61.3 Å². The zero-order chi connectivity index (χ0) is 15.7. The van der Waals surface area contributed by atoms with Crippen molar-refractivity contribution in [2.45, 2.75) is 61.3 Å². The molecule has 2 nitrogen and oxygen atoms in total. The lowest BCUT2D eigenvalue weighted by Crippen LogP contribution is -2.37. The molecule has 0 aliphatic carbocycles. The van der Waals surface area contributed by atoms with Crippen molar-refractivity contribution in [1.82, 2.24) is 4.90 Å². The average molecular weight is 279 g/mol. The van der Waals surface area contributed by atoms with Crippen LogP contribution in [0.15, 0.2) is 23.3 Å². The van der Waals surface area contributed by atoms with Crippen molar-refractivity contribution in [2.24, 2.45) is 11.8 Å². The summed E-state index contributed by atoms with van der Waals surface area (Å²) in [5.74, 6) is 0.845. The van der Waals surface area contributed by atoms with Crippen LogP contribution in [0.25, 0.3) is 0 Å². The number of nitrogens with zero attached hydrogens (tertiary/aromatic N) is 1. The lowest BCUT2D eigenvalue weighted by Gasteiger charge is -2.25. The Hall–Kier alpha value is -1.05. The van der Waals surface area contributed by atoms with E-state index < -0.39 is 0 Å². The van der Waals surface area contributed by atoms with Crippen LogP contribution in [0.5, 0.6) is 0 Å². The quantitative estimate of drug-likeness (QED) is 0.583. The van der Waals surface area contributed by atoms with Crippen molar-refractivity contribution >= 4 is 5.91 Å². The second-order valence-electron chi connectivity index (χ2n) is 6.66. The Balaban J connectivity index is 4.50. The van der Waals surface area contributed by atoms with Crippen LogP contribution in [0.4, 0.5) is 0 Å². The molecular weight excluding hydrogens is 246 g/mol. The number of amides is 1. The molecule has 0 radical (unpaired) electrons. The molecule has 0 aliphatic heterocycles. The first-order valence-electron chi connectivity index (χ1n) is 7.81. The number of rotatable bonds is 8. The van der Waals surface area contributed by atoms with Gasteiger partial charge in [0.05, 0.1) is 0 Å². The minimum absolute atomic E-state index is 0.0770. The zero-order valence-corrected chi connectivity index (χ0v) is 14.5. The first-order chi connectivity index (χ1) is 9.23. The number of hydrogen-bond acceptors (Lipinski definition) is 1. The highest BCUT2D eigenvalue weighted by atomic mass is 16.2. The molecule has 0 saturated heterocycles. The van der Waals surface area contributed by atoms with Gasteiger partial charge in [0.15, 0.2) is 0 Å². The van der Waals surface area contributed by atoms with Gasteiger partial charge >= 0.3 is 0 Å². The molecule has 0 unspecified atom stereocenters. The minimum Gasteiger partial charge on any atom is -0.338 e. The van der Waals surface area contributed by atoms with E-state index in [0.717, 1.165) is 25.9 Å². The van der Waals surface area contributed by atoms with Gasteiger partial charge in [0.1, 0.15) is 0 Å². The number of carbonyl (C=O) groups excluding carboxylic acids is 1. The standard InChI is InChI=1S/C18H33NO/c1-14(2)9-8-10-17(7)11-12-19(13-15(3)4)18(20)16(5)6/h9,11,15-16H,8,10,12-13H2,1-7H3/b17-11-. The van der Waals surface area contributed by atoms with E-state index in [1.165, 1.54) is 11.1 Å². The lowest BCUT2D eigenvalue weighted by atomic mass is 10.1. The van der Waals surface area contributed by atoms with Gasteiger partial charge < -0.3 is 4.90 Å².